The molecule has 2 unspecified atom stereocenters. The van der Waals surface area contributed by atoms with E-state index in [0.717, 1.165) is 11.3 Å². The number of carbonyl (C=O) groups is 3. The van der Waals surface area contributed by atoms with Crippen molar-refractivity contribution in [1.82, 2.24) is 25.4 Å². The monoisotopic (exact) mass is 544 g/mol. The summed E-state index contributed by atoms with van der Waals surface area (Å²) in [6.07, 6.45) is 0.910. The summed E-state index contributed by atoms with van der Waals surface area (Å²) in [7, 11) is 2.94. The molecule has 180 valence electrons. The van der Waals surface area contributed by atoms with E-state index < -0.39 is 35.6 Å². The summed E-state index contributed by atoms with van der Waals surface area (Å²) in [6, 6.07) is -1.43. The van der Waals surface area contributed by atoms with Crippen molar-refractivity contribution in [2.45, 2.75) is 29.3 Å². The lowest BCUT2D eigenvalue weighted by molar-refractivity contribution is -0.156. The topological polar surface area (TPSA) is 185 Å². The summed E-state index contributed by atoms with van der Waals surface area (Å²) < 4.78 is 5.57. The van der Waals surface area contributed by atoms with Crippen molar-refractivity contribution < 1.29 is 24.3 Å². The number of anilines is 2. The fourth-order valence-corrected chi connectivity index (χ4v) is 6.40. The smallest absolute Gasteiger partial charge is 0.355 e. The number of β-lactam (4-membered cyclic amide) rings is 1. The second-order valence-corrected chi connectivity index (χ2v) is 10.8. The average molecular weight is 545 g/mol. The summed E-state index contributed by atoms with van der Waals surface area (Å²) in [5, 5.41) is 26.5. The molecular weight excluding hydrogens is 528 g/mol. The van der Waals surface area contributed by atoms with Crippen molar-refractivity contribution >= 4 is 79.8 Å². The van der Waals surface area contributed by atoms with Gasteiger partial charge in [-0.3, -0.25) is 14.5 Å². The van der Waals surface area contributed by atoms with Gasteiger partial charge in [0.05, 0.1) is 13.2 Å². The van der Waals surface area contributed by atoms with Crippen LogP contribution in [0.15, 0.2) is 20.1 Å². The van der Waals surface area contributed by atoms with Gasteiger partial charge in [-0.2, -0.15) is 0 Å². The number of methoxy groups -OCH3 is 1. The molecule has 0 radical (unpaired) electrons. The van der Waals surface area contributed by atoms with Crippen LogP contribution in [-0.4, -0.2) is 75.0 Å². The lowest BCUT2D eigenvalue weighted by Gasteiger charge is -2.50. The Morgan fingerprint density at radius 3 is 2.74 bits per heavy atom. The first kappa shape index (κ1) is 24.2. The lowest BCUT2D eigenvalue weighted by Crippen LogP contribution is -2.72. The zero-order valence-corrected chi connectivity index (χ0v) is 20.8. The molecule has 2 aliphatic heterocycles. The number of allylic oxidation sites excluding steroid dienone is 1. The van der Waals surface area contributed by atoms with E-state index in [1.54, 1.807) is 7.05 Å². The van der Waals surface area contributed by atoms with Gasteiger partial charge in [-0.25, -0.2) is 9.78 Å². The molecule has 0 aliphatic carbocycles. The number of amides is 2. The number of nitrogens with one attached hydrogen (secondary N) is 2. The zero-order chi connectivity index (χ0) is 24.6. The van der Waals surface area contributed by atoms with Gasteiger partial charge in [0.1, 0.15) is 21.8 Å². The first-order valence-electron chi connectivity index (χ1n) is 9.57. The molecule has 4 rings (SSSR count). The van der Waals surface area contributed by atoms with E-state index in [9.17, 15) is 19.6 Å². The van der Waals surface area contributed by atoms with Gasteiger partial charge >= 0.3 is 5.97 Å². The highest BCUT2D eigenvalue weighted by Crippen LogP contribution is 2.44. The Kier molecular flexibility index (Phi) is 6.92. The number of nitrogens with two attached hydrogens (primary N) is 1. The van der Waals surface area contributed by atoms with Gasteiger partial charge in [0.2, 0.25) is 5.13 Å². The lowest BCUT2D eigenvalue weighted by atomic mass is 9.86. The number of nitrogen functional groups attached to an aromatic ring is 1. The average Bonchev–Trinajstić information content (AvgIpc) is 3.42. The first-order valence-corrected chi connectivity index (χ1v) is 12.4. The fourth-order valence-electron chi connectivity index (χ4n) is 3.54. The Morgan fingerprint density at radius 2 is 2.15 bits per heavy atom. The van der Waals surface area contributed by atoms with Gasteiger partial charge in [-0.05, 0) is 12.8 Å². The normalized spacial score (nSPS) is 20.0. The van der Waals surface area contributed by atoms with Crippen LogP contribution in [0.2, 0.25) is 4.34 Å². The van der Waals surface area contributed by atoms with Crippen LogP contribution < -0.4 is 16.4 Å². The third kappa shape index (κ3) is 4.28. The fraction of sp³-hybridized carbons (Fsp3) is 0.353. The second kappa shape index (κ2) is 9.73. The van der Waals surface area contributed by atoms with E-state index in [2.05, 4.69) is 31.0 Å². The van der Waals surface area contributed by atoms with Crippen molar-refractivity contribution in [3.05, 3.63) is 20.6 Å². The molecule has 2 amide bonds. The van der Waals surface area contributed by atoms with Crippen LogP contribution >= 0.6 is 46.0 Å². The Labute approximate surface area is 209 Å². The highest BCUT2D eigenvalue weighted by atomic mass is 35.5. The molecule has 13 nitrogen and oxygen atoms in total. The molecule has 0 saturated carbocycles. The van der Waals surface area contributed by atoms with Crippen molar-refractivity contribution in [3.63, 3.8) is 0 Å². The zero-order valence-electron chi connectivity index (χ0n) is 17.6. The summed E-state index contributed by atoms with van der Waals surface area (Å²) in [6.45, 7) is 0. The van der Waals surface area contributed by atoms with Crippen LogP contribution in [0.3, 0.4) is 0 Å². The molecule has 4 heterocycles. The standard InChI is InChI=1S/C17H17ClN8O5S3/c1-20-16-23-24-17(34-16)32-6-4-3-5-7(13(28)26(5)10(6)14(29)31-2)21-12(27)9(25-30)8-11(18)33-15(19)22-8/h5,7,30H,3-4H2,1-2H3,(H2,19,22)(H,20,23)(H,21,27)/b25-9-. The van der Waals surface area contributed by atoms with Crippen LogP contribution in [0.4, 0.5) is 10.3 Å². The summed E-state index contributed by atoms with van der Waals surface area (Å²) >= 11 is 9.46. The third-order valence-electron chi connectivity index (χ3n) is 5.03. The minimum absolute atomic E-state index is 0.0652. The number of fused-ring (bicyclic) bond motifs is 1. The number of thioether (sulfide) groups is 1. The van der Waals surface area contributed by atoms with Crippen molar-refractivity contribution in [1.29, 1.82) is 0 Å². The number of aromatic nitrogens is 3. The van der Waals surface area contributed by atoms with Crippen LogP contribution in [0.5, 0.6) is 0 Å². The highest BCUT2D eigenvalue weighted by molar-refractivity contribution is 8.04. The van der Waals surface area contributed by atoms with Crippen LogP contribution in [0.25, 0.3) is 0 Å². The molecule has 1 saturated heterocycles. The van der Waals surface area contributed by atoms with Gasteiger partial charge in [-0.15, -0.1) is 10.2 Å². The van der Waals surface area contributed by atoms with E-state index in [4.69, 9.17) is 22.1 Å². The summed E-state index contributed by atoms with van der Waals surface area (Å²) in [5.74, 6) is -2.04. The molecule has 1 fully saturated rings. The number of carbonyl (C=O) groups excluding carboxylic acids is 3. The molecule has 0 aromatic carbocycles. The predicted octanol–water partition coefficient (Wildman–Crippen LogP) is 1.12. The second-order valence-electron chi connectivity index (χ2n) is 6.88. The maximum Gasteiger partial charge on any atom is 0.355 e. The number of halogens is 1. The predicted molar refractivity (Wildman–Crippen MR) is 126 cm³/mol. The molecule has 0 bridgehead atoms. The van der Waals surface area contributed by atoms with E-state index in [1.807, 2.05) is 0 Å². The Hall–Kier alpha value is -2.95. The number of rotatable bonds is 7. The number of hydrogen-bond donors (Lipinski definition) is 4. The maximum absolute atomic E-state index is 13.0. The summed E-state index contributed by atoms with van der Waals surface area (Å²) in [5.41, 5.74) is 5.12. The van der Waals surface area contributed by atoms with Crippen molar-refractivity contribution in [3.8, 4) is 0 Å². The van der Waals surface area contributed by atoms with Crippen LogP contribution in [0.1, 0.15) is 18.5 Å². The number of hydrogen-bond acceptors (Lipinski definition) is 14. The molecule has 5 N–H and O–H groups in total. The van der Waals surface area contributed by atoms with E-state index in [1.165, 1.54) is 35.1 Å². The number of nitrogens with zero attached hydrogens (tertiary/aromatic N) is 5. The van der Waals surface area contributed by atoms with Crippen LogP contribution in [0, 0.1) is 0 Å². The quantitative estimate of drug-likeness (QED) is 0.129. The maximum atomic E-state index is 13.0. The van der Waals surface area contributed by atoms with Gasteiger partial charge in [-0.1, -0.05) is 51.2 Å². The molecule has 2 aromatic heterocycles. The van der Waals surface area contributed by atoms with Crippen molar-refractivity contribution in [2.24, 2.45) is 5.16 Å². The largest absolute Gasteiger partial charge is 0.464 e. The SMILES string of the molecule is CNc1nnc(SC2=C(C(=O)OC)N3C(=O)C(NC(=O)/C(=N\O)c4nc(N)sc4Cl)C3CC2)s1. The number of esters is 1. The number of oxime groups is 1. The molecule has 34 heavy (non-hydrogen) atoms. The van der Waals surface area contributed by atoms with Gasteiger partial charge < -0.3 is 26.3 Å². The van der Waals surface area contributed by atoms with Crippen molar-refractivity contribution in [2.75, 3.05) is 25.2 Å². The Balaban J connectivity index is 1.54. The van der Waals surface area contributed by atoms with Crippen LogP contribution in [-0.2, 0) is 19.1 Å². The first-order chi connectivity index (χ1) is 16.3. The summed E-state index contributed by atoms with van der Waals surface area (Å²) in [4.78, 5) is 44.1. The molecule has 2 atom stereocenters. The molecule has 17 heteroatoms. The van der Waals surface area contributed by atoms with E-state index in [0.29, 0.717) is 27.2 Å². The number of thiazole rings is 1. The highest BCUT2D eigenvalue weighted by Gasteiger charge is 2.54. The molecule has 2 aromatic rings. The minimum Gasteiger partial charge on any atom is -0.464 e. The van der Waals surface area contributed by atoms with E-state index >= 15 is 0 Å². The minimum atomic E-state index is -0.942. The van der Waals surface area contributed by atoms with Gasteiger partial charge in [0.25, 0.3) is 11.8 Å². The molecular formula is C17H17ClN8O5S3. The molecule has 0 spiro atoms. The van der Waals surface area contributed by atoms with Gasteiger partial charge in [0.15, 0.2) is 15.2 Å². The number of ether oxygens (including phenoxy) is 1. The third-order valence-corrected chi connectivity index (χ3v) is 8.25. The van der Waals surface area contributed by atoms with E-state index in [-0.39, 0.29) is 20.9 Å². The Bertz CT molecular complexity index is 1230. The van der Waals surface area contributed by atoms with Gasteiger partial charge in [0, 0.05) is 12.0 Å². The Morgan fingerprint density at radius 1 is 1.38 bits per heavy atom. The molecule has 2 aliphatic rings.